The van der Waals surface area contributed by atoms with Crippen molar-refractivity contribution in [3.05, 3.63) is 0 Å². The van der Waals surface area contributed by atoms with Crippen molar-refractivity contribution in [3.8, 4) is 0 Å². The summed E-state index contributed by atoms with van der Waals surface area (Å²) >= 11 is 0. The Bertz CT molecular complexity index is 254. The lowest BCUT2D eigenvalue weighted by Gasteiger charge is -2.14. The van der Waals surface area contributed by atoms with E-state index >= 15 is 0 Å². The van der Waals surface area contributed by atoms with Gasteiger partial charge in [0.1, 0.15) is 0 Å². The second-order valence-corrected chi connectivity index (χ2v) is 4.10. The molecule has 1 rings (SSSR count). The van der Waals surface area contributed by atoms with Crippen molar-refractivity contribution in [1.29, 1.82) is 0 Å². The lowest BCUT2D eigenvalue weighted by Crippen LogP contribution is -2.32. The zero-order chi connectivity index (χ0) is 12.2. The van der Waals surface area contributed by atoms with Crippen LogP contribution in [0.3, 0.4) is 0 Å². The van der Waals surface area contributed by atoms with Gasteiger partial charge in [-0.2, -0.15) is 0 Å². The van der Waals surface area contributed by atoms with Crippen LogP contribution in [0.1, 0.15) is 40.0 Å². The third-order valence-corrected chi connectivity index (χ3v) is 3.02. The second-order valence-electron chi connectivity index (χ2n) is 4.10. The summed E-state index contributed by atoms with van der Waals surface area (Å²) in [5.41, 5.74) is -0.984. The lowest BCUT2D eigenvalue weighted by atomic mass is 10.0. The fraction of sp³-hybridized carbons (Fsp3) is 0.833. The summed E-state index contributed by atoms with van der Waals surface area (Å²) in [5.74, 6) is -0.714. The Morgan fingerprint density at radius 1 is 1.12 bits per heavy atom. The molecule has 0 bridgehead atoms. The standard InChI is InChI=1S/C12H20O4/c1-4-7-9-8-12(9,10(13)15-5-2)11(14)16-6-3/h9H,4-8H2,1-3H3/t9-/m1/s1. The van der Waals surface area contributed by atoms with Gasteiger partial charge in [0.2, 0.25) is 0 Å². The van der Waals surface area contributed by atoms with Crippen molar-refractivity contribution in [2.75, 3.05) is 13.2 Å². The largest absolute Gasteiger partial charge is 0.465 e. The van der Waals surface area contributed by atoms with Crippen LogP contribution in [0, 0.1) is 11.3 Å². The molecule has 0 aliphatic heterocycles. The molecule has 1 aliphatic rings. The van der Waals surface area contributed by atoms with E-state index in [4.69, 9.17) is 9.47 Å². The van der Waals surface area contributed by atoms with Gasteiger partial charge in [-0.1, -0.05) is 13.3 Å². The summed E-state index contributed by atoms with van der Waals surface area (Å²) in [7, 11) is 0. The summed E-state index contributed by atoms with van der Waals surface area (Å²) in [6.07, 6.45) is 2.42. The summed E-state index contributed by atoms with van der Waals surface area (Å²) in [5, 5.41) is 0. The van der Waals surface area contributed by atoms with Crippen LogP contribution in [0.25, 0.3) is 0 Å². The van der Waals surface area contributed by atoms with E-state index in [2.05, 4.69) is 0 Å². The third kappa shape index (κ3) is 2.20. The topological polar surface area (TPSA) is 52.6 Å². The van der Waals surface area contributed by atoms with Gasteiger partial charge in [-0.05, 0) is 32.6 Å². The maximum absolute atomic E-state index is 11.8. The van der Waals surface area contributed by atoms with Gasteiger partial charge in [0, 0.05) is 0 Å². The smallest absolute Gasteiger partial charge is 0.323 e. The first-order valence-electron chi connectivity index (χ1n) is 5.97. The molecule has 1 atom stereocenters. The van der Waals surface area contributed by atoms with Gasteiger partial charge in [0.15, 0.2) is 5.41 Å². The first-order valence-corrected chi connectivity index (χ1v) is 5.97. The summed E-state index contributed by atoms with van der Waals surface area (Å²) in [6, 6.07) is 0. The maximum atomic E-state index is 11.8. The van der Waals surface area contributed by atoms with Crippen molar-refractivity contribution in [2.24, 2.45) is 11.3 Å². The van der Waals surface area contributed by atoms with Gasteiger partial charge in [-0.3, -0.25) is 9.59 Å². The monoisotopic (exact) mass is 228 g/mol. The molecule has 4 nitrogen and oxygen atoms in total. The van der Waals surface area contributed by atoms with E-state index in [9.17, 15) is 9.59 Å². The number of ether oxygens (including phenoxy) is 2. The van der Waals surface area contributed by atoms with Crippen LogP contribution in [0.5, 0.6) is 0 Å². The molecule has 0 unspecified atom stereocenters. The van der Waals surface area contributed by atoms with E-state index in [0.717, 1.165) is 12.8 Å². The zero-order valence-electron chi connectivity index (χ0n) is 10.2. The molecule has 92 valence electrons. The fourth-order valence-corrected chi connectivity index (χ4v) is 2.13. The van der Waals surface area contributed by atoms with Crippen LogP contribution >= 0.6 is 0 Å². The molecule has 1 saturated carbocycles. The molecule has 0 saturated heterocycles. The number of hydrogen-bond acceptors (Lipinski definition) is 4. The van der Waals surface area contributed by atoms with E-state index in [1.54, 1.807) is 13.8 Å². The van der Waals surface area contributed by atoms with Crippen LogP contribution in [0.2, 0.25) is 0 Å². The minimum atomic E-state index is -0.984. The molecule has 0 aromatic rings. The number of hydrogen-bond donors (Lipinski definition) is 0. The van der Waals surface area contributed by atoms with Gasteiger partial charge in [0.25, 0.3) is 0 Å². The van der Waals surface area contributed by atoms with Crippen LogP contribution in [-0.2, 0) is 19.1 Å². The Hall–Kier alpha value is -1.06. The molecule has 4 heteroatoms. The molecule has 0 aromatic heterocycles. The van der Waals surface area contributed by atoms with Crippen LogP contribution in [0.4, 0.5) is 0 Å². The maximum Gasteiger partial charge on any atom is 0.323 e. The van der Waals surface area contributed by atoms with Gasteiger partial charge in [-0.15, -0.1) is 0 Å². The van der Waals surface area contributed by atoms with Crippen molar-refractivity contribution in [1.82, 2.24) is 0 Å². The minimum absolute atomic E-state index is 0.107. The molecule has 1 aliphatic carbocycles. The number of carbonyl (C=O) groups excluding carboxylic acids is 2. The van der Waals surface area contributed by atoms with Crippen molar-refractivity contribution >= 4 is 11.9 Å². The zero-order valence-corrected chi connectivity index (χ0v) is 10.2. The van der Waals surface area contributed by atoms with Crippen molar-refractivity contribution < 1.29 is 19.1 Å². The van der Waals surface area contributed by atoms with Gasteiger partial charge in [0.05, 0.1) is 13.2 Å². The minimum Gasteiger partial charge on any atom is -0.465 e. The van der Waals surface area contributed by atoms with Crippen LogP contribution < -0.4 is 0 Å². The molecule has 0 heterocycles. The number of carbonyl (C=O) groups is 2. The predicted octanol–water partition coefficient (Wildman–Crippen LogP) is 1.92. The molecular formula is C12H20O4. The molecule has 1 fully saturated rings. The molecule has 0 radical (unpaired) electrons. The highest BCUT2D eigenvalue weighted by Gasteiger charge is 2.67. The first-order chi connectivity index (χ1) is 7.63. The van der Waals surface area contributed by atoms with E-state index in [0.29, 0.717) is 19.6 Å². The molecule has 16 heavy (non-hydrogen) atoms. The van der Waals surface area contributed by atoms with E-state index in [1.165, 1.54) is 0 Å². The molecule has 0 N–H and O–H groups in total. The SMILES string of the molecule is CCC[C@@H]1CC1(C(=O)OCC)C(=O)OCC. The highest BCUT2D eigenvalue weighted by Crippen LogP contribution is 2.56. The third-order valence-electron chi connectivity index (χ3n) is 3.02. The average molecular weight is 228 g/mol. The first kappa shape index (κ1) is 13.0. The summed E-state index contributed by atoms with van der Waals surface area (Å²) < 4.78 is 9.95. The molecule has 0 amide bonds. The average Bonchev–Trinajstić information content (AvgIpc) is 2.95. The van der Waals surface area contributed by atoms with Gasteiger partial charge in [-0.25, -0.2) is 0 Å². The van der Waals surface area contributed by atoms with Crippen LogP contribution in [0.15, 0.2) is 0 Å². The predicted molar refractivity (Wildman–Crippen MR) is 58.7 cm³/mol. The Morgan fingerprint density at radius 3 is 2.00 bits per heavy atom. The Morgan fingerprint density at radius 2 is 1.62 bits per heavy atom. The van der Waals surface area contributed by atoms with Crippen LogP contribution in [-0.4, -0.2) is 25.2 Å². The number of esters is 2. The highest BCUT2D eigenvalue weighted by molar-refractivity contribution is 6.03. The van der Waals surface area contributed by atoms with Gasteiger partial charge >= 0.3 is 11.9 Å². The normalized spacial score (nSPS) is 21.3. The van der Waals surface area contributed by atoms with Crippen molar-refractivity contribution in [2.45, 2.75) is 40.0 Å². The van der Waals surface area contributed by atoms with E-state index in [-0.39, 0.29) is 5.92 Å². The Labute approximate surface area is 96.3 Å². The van der Waals surface area contributed by atoms with E-state index < -0.39 is 17.4 Å². The Balaban J connectivity index is 2.72. The second kappa shape index (κ2) is 5.32. The van der Waals surface area contributed by atoms with Gasteiger partial charge < -0.3 is 9.47 Å². The number of rotatable bonds is 6. The molecular weight excluding hydrogens is 208 g/mol. The highest BCUT2D eigenvalue weighted by atomic mass is 16.6. The summed E-state index contributed by atoms with van der Waals surface area (Å²) in [4.78, 5) is 23.6. The molecule has 0 aromatic carbocycles. The quantitative estimate of drug-likeness (QED) is 0.515. The summed E-state index contributed by atoms with van der Waals surface area (Å²) in [6.45, 7) is 6.14. The fourth-order valence-electron chi connectivity index (χ4n) is 2.13. The lowest BCUT2D eigenvalue weighted by molar-refractivity contribution is -0.165. The molecule has 0 spiro atoms. The Kier molecular flexibility index (Phi) is 4.33. The van der Waals surface area contributed by atoms with E-state index in [1.807, 2.05) is 6.92 Å². The van der Waals surface area contributed by atoms with Crippen molar-refractivity contribution in [3.63, 3.8) is 0 Å².